The van der Waals surface area contributed by atoms with Gasteiger partial charge in [0, 0.05) is 12.2 Å². The minimum Gasteiger partial charge on any atom is -0.376 e. The summed E-state index contributed by atoms with van der Waals surface area (Å²) in [6, 6.07) is 11.4. The standard InChI is InChI=1S/C25H28N2O3S/c1-15-12-17(3)21(13-16(15)2)23(28)18(4)31-25-26-22-10-6-5-9-20(22)24(29)27(25)14-19-8-7-11-30-19/h5-6,9-10,12-13,18-19H,7-8,11,14H2,1-4H3. The van der Waals surface area contributed by atoms with Gasteiger partial charge in [-0.3, -0.25) is 14.2 Å². The molecule has 1 fully saturated rings. The van der Waals surface area contributed by atoms with Gasteiger partial charge in [-0.1, -0.05) is 30.0 Å². The molecule has 1 aliphatic rings. The van der Waals surface area contributed by atoms with E-state index >= 15 is 0 Å². The number of aryl methyl sites for hydroxylation is 3. The van der Waals surface area contributed by atoms with Crippen molar-refractivity contribution in [2.75, 3.05) is 6.61 Å². The SMILES string of the molecule is Cc1cc(C)c(C(=O)C(C)Sc2nc3ccccc3c(=O)n2CC2CCCO2)cc1C. The Kier molecular flexibility index (Phi) is 6.30. The number of hydrogen-bond acceptors (Lipinski definition) is 5. The molecule has 2 atom stereocenters. The Labute approximate surface area is 186 Å². The second-order valence-corrected chi connectivity index (χ2v) is 9.65. The van der Waals surface area contributed by atoms with E-state index in [1.807, 2.05) is 45.0 Å². The number of aromatic nitrogens is 2. The third kappa shape index (κ3) is 4.46. The highest BCUT2D eigenvalue weighted by Gasteiger charge is 2.24. The van der Waals surface area contributed by atoms with Crippen molar-refractivity contribution >= 4 is 28.4 Å². The Balaban J connectivity index is 1.70. The number of hydrogen-bond donors (Lipinski definition) is 0. The summed E-state index contributed by atoms with van der Waals surface area (Å²) in [6.45, 7) is 9.12. The van der Waals surface area contributed by atoms with Crippen LogP contribution in [0.25, 0.3) is 10.9 Å². The lowest BCUT2D eigenvalue weighted by Gasteiger charge is -2.19. The Morgan fingerprint density at radius 2 is 1.94 bits per heavy atom. The van der Waals surface area contributed by atoms with Crippen LogP contribution in [0.15, 0.2) is 46.3 Å². The molecule has 0 bridgehead atoms. The van der Waals surface area contributed by atoms with Gasteiger partial charge in [-0.2, -0.15) is 0 Å². The first kappa shape index (κ1) is 21.8. The fraction of sp³-hybridized carbons (Fsp3) is 0.400. The lowest BCUT2D eigenvalue weighted by Crippen LogP contribution is -2.29. The van der Waals surface area contributed by atoms with Gasteiger partial charge in [0.15, 0.2) is 10.9 Å². The molecule has 2 heterocycles. The van der Waals surface area contributed by atoms with Crippen molar-refractivity contribution < 1.29 is 9.53 Å². The number of thioether (sulfide) groups is 1. The molecule has 0 radical (unpaired) electrons. The van der Waals surface area contributed by atoms with E-state index in [0.29, 0.717) is 22.6 Å². The predicted molar refractivity (Wildman–Crippen MR) is 125 cm³/mol. The number of carbonyl (C=O) groups is 1. The molecule has 0 aliphatic carbocycles. The molecule has 31 heavy (non-hydrogen) atoms. The highest BCUT2D eigenvalue weighted by atomic mass is 32.2. The van der Waals surface area contributed by atoms with Gasteiger partial charge in [0.05, 0.1) is 28.8 Å². The predicted octanol–water partition coefficient (Wildman–Crippen LogP) is 4.86. The van der Waals surface area contributed by atoms with E-state index in [-0.39, 0.29) is 22.7 Å². The molecule has 1 saturated heterocycles. The first-order valence-electron chi connectivity index (χ1n) is 10.7. The normalized spacial score (nSPS) is 17.2. The summed E-state index contributed by atoms with van der Waals surface area (Å²) in [4.78, 5) is 31.3. The number of nitrogens with zero attached hydrogens (tertiary/aromatic N) is 2. The summed E-state index contributed by atoms with van der Waals surface area (Å²) in [5.74, 6) is 0.0525. The smallest absolute Gasteiger partial charge is 0.262 e. The van der Waals surface area contributed by atoms with Crippen LogP contribution in [-0.2, 0) is 11.3 Å². The molecule has 6 heteroatoms. The fourth-order valence-corrected chi connectivity index (χ4v) is 5.03. The molecular formula is C25H28N2O3S. The summed E-state index contributed by atoms with van der Waals surface area (Å²) >= 11 is 1.35. The zero-order valence-corrected chi connectivity index (χ0v) is 19.3. The molecule has 0 saturated carbocycles. The van der Waals surface area contributed by atoms with Gasteiger partial charge in [0.25, 0.3) is 5.56 Å². The summed E-state index contributed by atoms with van der Waals surface area (Å²) in [7, 11) is 0. The van der Waals surface area contributed by atoms with Crippen molar-refractivity contribution in [1.82, 2.24) is 9.55 Å². The summed E-state index contributed by atoms with van der Waals surface area (Å²) < 4.78 is 7.47. The highest BCUT2D eigenvalue weighted by Crippen LogP contribution is 2.28. The average Bonchev–Trinajstić information content (AvgIpc) is 3.26. The number of fused-ring (bicyclic) bond motifs is 1. The third-order valence-corrected chi connectivity index (χ3v) is 7.08. The van der Waals surface area contributed by atoms with E-state index in [9.17, 15) is 9.59 Å². The molecule has 4 rings (SSSR count). The topological polar surface area (TPSA) is 61.2 Å². The van der Waals surface area contributed by atoms with Crippen LogP contribution in [0.2, 0.25) is 0 Å². The molecule has 2 unspecified atom stereocenters. The molecule has 0 N–H and O–H groups in total. The summed E-state index contributed by atoms with van der Waals surface area (Å²) in [5, 5.41) is 0.792. The van der Waals surface area contributed by atoms with Crippen LogP contribution in [0, 0.1) is 20.8 Å². The Morgan fingerprint density at radius 3 is 2.68 bits per heavy atom. The zero-order chi connectivity index (χ0) is 22.1. The Hall–Kier alpha value is -2.44. The van der Waals surface area contributed by atoms with Crippen molar-refractivity contribution in [2.45, 2.75) is 63.6 Å². The van der Waals surface area contributed by atoms with Gasteiger partial charge in [-0.15, -0.1) is 0 Å². The molecule has 0 spiro atoms. The van der Waals surface area contributed by atoms with Gasteiger partial charge in [0.2, 0.25) is 0 Å². The van der Waals surface area contributed by atoms with Crippen molar-refractivity contribution in [2.24, 2.45) is 0 Å². The monoisotopic (exact) mass is 436 g/mol. The van der Waals surface area contributed by atoms with Crippen LogP contribution in [-0.4, -0.2) is 33.3 Å². The van der Waals surface area contributed by atoms with E-state index in [4.69, 9.17) is 9.72 Å². The molecule has 1 aliphatic heterocycles. The van der Waals surface area contributed by atoms with Crippen LogP contribution >= 0.6 is 11.8 Å². The molecule has 0 amide bonds. The Bertz CT molecular complexity index is 1200. The summed E-state index contributed by atoms with van der Waals surface area (Å²) in [5.41, 5.74) is 4.56. The maximum Gasteiger partial charge on any atom is 0.262 e. The van der Waals surface area contributed by atoms with Gasteiger partial charge in [0.1, 0.15) is 0 Å². The van der Waals surface area contributed by atoms with Gasteiger partial charge in [-0.05, 0) is 75.4 Å². The van der Waals surface area contributed by atoms with Gasteiger partial charge in [-0.25, -0.2) is 4.98 Å². The van der Waals surface area contributed by atoms with E-state index in [2.05, 4.69) is 13.0 Å². The van der Waals surface area contributed by atoms with E-state index in [1.54, 1.807) is 10.6 Å². The largest absolute Gasteiger partial charge is 0.376 e. The maximum absolute atomic E-state index is 13.3. The number of carbonyl (C=O) groups excluding carboxylic acids is 1. The second kappa shape index (κ2) is 8.97. The minimum absolute atomic E-state index is 0.00742. The van der Waals surface area contributed by atoms with E-state index in [1.165, 1.54) is 17.3 Å². The quantitative estimate of drug-likeness (QED) is 0.314. The molecule has 1 aromatic heterocycles. The van der Waals surface area contributed by atoms with E-state index < -0.39 is 0 Å². The molecular weight excluding hydrogens is 408 g/mol. The zero-order valence-electron chi connectivity index (χ0n) is 18.5. The number of para-hydroxylation sites is 1. The average molecular weight is 437 g/mol. The number of rotatable bonds is 6. The van der Waals surface area contributed by atoms with Crippen LogP contribution < -0.4 is 5.56 Å². The number of Topliss-reactive ketones (excluding diaryl/α,β-unsaturated/α-hetero) is 1. The van der Waals surface area contributed by atoms with Crippen molar-refractivity contribution in [3.05, 3.63) is 69.0 Å². The Morgan fingerprint density at radius 1 is 1.19 bits per heavy atom. The molecule has 5 nitrogen and oxygen atoms in total. The first-order valence-corrected chi connectivity index (χ1v) is 11.6. The summed E-state index contributed by atoms with van der Waals surface area (Å²) in [6.07, 6.45) is 1.94. The lowest BCUT2D eigenvalue weighted by molar-refractivity contribution is 0.0937. The van der Waals surface area contributed by atoms with E-state index in [0.717, 1.165) is 36.1 Å². The van der Waals surface area contributed by atoms with Crippen LogP contribution in [0.1, 0.15) is 46.8 Å². The molecule has 3 aromatic rings. The van der Waals surface area contributed by atoms with Gasteiger partial charge >= 0.3 is 0 Å². The van der Waals surface area contributed by atoms with Crippen LogP contribution in [0.5, 0.6) is 0 Å². The molecule has 2 aromatic carbocycles. The van der Waals surface area contributed by atoms with Crippen molar-refractivity contribution in [3.63, 3.8) is 0 Å². The number of ketones is 1. The third-order valence-electron chi connectivity index (χ3n) is 5.99. The minimum atomic E-state index is -0.371. The first-order chi connectivity index (χ1) is 14.8. The number of benzene rings is 2. The van der Waals surface area contributed by atoms with Gasteiger partial charge < -0.3 is 4.74 Å². The highest BCUT2D eigenvalue weighted by molar-refractivity contribution is 8.00. The van der Waals surface area contributed by atoms with Crippen LogP contribution in [0.3, 0.4) is 0 Å². The fourth-order valence-electron chi connectivity index (χ4n) is 4.05. The van der Waals surface area contributed by atoms with Crippen LogP contribution in [0.4, 0.5) is 0 Å². The second-order valence-electron chi connectivity index (χ2n) is 8.34. The lowest BCUT2D eigenvalue weighted by atomic mass is 9.97. The molecule has 162 valence electrons. The van der Waals surface area contributed by atoms with Crippen molar-refractivity contribution in [1.29, 1.82) is 0 Å². The van der Waals surface area contributed by atoms with Crippen molar-refractivity contribution in [3.8, 4) is 0 Å². The number of ether oxygens (including phenoxy) is 1. The maximum atomic E-state index is 13.3.